The molecule has 0 aliphatic carbocycles. The summed E-state index contributed by atoms with van der Waals surface area (Å²) in [5.41, 5.74) is 2.03. The molecule has 0 aliphatic heterocycles. The molecule has 144 valence electrons. The molecule has 1 unspecified atom stereocenters. The summed E-state index contributed by atoms with van der Waals surface area (Å²) in [5.74, 6) is 2.90. The van der Waals surface area contributed by atoms with Crippen LogP contribution in [-0.4, -0.2) is 34.7 Å². The fourth-order valence-corrected chi connectivity index (χ4v) is 3.23. The average Bonchev–Trinajstić information content (AvgIpc) is 3.08. The number of aliphatic imine (C=N–C) groups is 1. The van der Waals surface area contributed by atoms with E-state index < -0.39 is 10.8 Å². The van der Waals surface area contributed by atoms with Gasteiger partial charge in [-0.25, -0.2) is 0 Å². The SMILES string of the molecule is CN=C(NCCS(=O)Cc1ccccc1)NCc1cc(C(C)C)no1.I. The Morgan fingerprint density at radius 2 is 2.00 bits per heavy atom. The molecule has 0 aliphatic rings. The molecule has 0 bridgehead atoms. The van der Waals surface area contributed by atoms with Crippen molar-refractivity contribution in [3.05, 3.63) is 53.4 Å². The van der Waals surface area contributed by atoms with Gasteiger partial charge in [0.1, 0.15) is 0 Å². The zero-order valence-electron chi connectivity index (χ0n) is 15.4. The second-order valence-corrected chi connectivity index (χ2v) is 7.58. The molecule has 0 saturated carbocycles. The minimum Gasteiger partial charge on any atom is -0.359 e. The summed E-state index contributed by atoms with van der Waals surface area (Å²) in [6.07, 6.45) is 0. The fraction of sp³-hybridized carbons (Fsp3) is 0.444. The molecule has 0 amide bonds. The molecule has 1 heterocycles. The Balaban J connectivity index is 0.00000338. The monoisotopic (exact) mass is 490 g/mol. The minimum atomic E-state index is -0.905. The zero-order valence-corrected chi connectivity index (χ0v) is 18.5. The van der Waals surface area contributed by atoms with Crippen molar-refractivity contribution in [2.75, 3.05) is 19.3 Å². The van der Waals surface area contributed by atoms with Gasteiger partial charge in [-0.2, -0.15) is 0 Å². The molecule has 1 atom stereocenters. The number of aromatic nitrogens is 1. The summed E-state index contributed by atoms with van der Waals surface area (Å²) in [7, 11) is 0.799. The van der Waals surface area contributed by atoms with Gasteiger partial charge >= 0.3 is 0 Å². The second-order valence-electron chi connectivity index (χ2n) is 6.00. The van der Waals surface area contributed by atoms with Crippen molar-refractivity contribution in [1.82, 2.24) is 15.8 Å². The maximum atomic E-state index is 12.1. The second kappa shape index (κ2) is 12.1. The van der Waals surface area contributed by atoms with E-state index in [1.807, 2.05) is 36.4 Å². The highest BCUT2D eigenvalue weighted by Crippen LogP contribution is 2.13. The van der Waals surface area contributed by atoms with Crippen LogP contribution in [0.15, 0.2) is 45.9 Å². The van der Waals surface area contributed by atoms with Crippen LogP contribution in [0.4, 0.5) is 0 Å². The number of nitrogens with one attached hydrogen (secondary N) is 2. The Labute approximate surface area is 174 Å². The Kier molecular flexibility index (Phi) is 10.5. The molecule has 1 aromatic heterocycles. The van der Waals surface area contributed by atoms with Gasteiger partial charge in [-0.15, -0.1) is 24.0 Å². The van der Waals surface area contributed by atoms with Crippen LogP contribution in [0.25, 0.3) is 0 Å². The molecule has 2 aromatic rings. The lowest BCUT2D eigenvalue weighted by Gasteiger charge is -2.10. The number of hydrogen-bond acceptors (Lipinski definition) is 4. The van der Waals surface area contributed by atoms with Gasteiger partial charge < -0.3 is 15.2 Å². The van der Waals surface area contributed by atoms with Crippen molar-refractivity contribution >= 4 is 40.7 Å². The van der Waals surface area contributed by atoms with Crippen molar-refractivity contribution in [2.24, 2.45) is 4.99 Å². The highest BCUT2D eigenvalue weighted by Gasteiger charge is 2.08. The molecule has 6 nitrogen and oxygen atoms in total. The molecular formula is C18H27IN4O2S. The summed E-state index contributed by atoms with van der Waals surface area (Å²) in [5, 5.41) is 10.4. The normalized spacial score (nSPS) is 12.5. The molecule has 0 radical (unpaired) electrons. The van der Waals surface area contributed by atoms with E-state index in [9.17, 15) is 4.21 Å². The molecule has 1 aromatic carbocycles. The van der Waals surface area contributed by atoms with Gasteiger partial charge in [-0.1, -0.05) is 49.3 Å². The fourth-order valence-electron chi connectivity index (χ4n) is 2.19. The maximum absolute atomic E-state index is 12.1. The molecule has 8 heteroatoms. The van der Waals surface area contributed by atoms with Crippen LogP contribution in [0, 0.1) is 0 Å². The van der Waals surface area contributed by atoms with Gasteiger partial charge in [0.2, 0.25) is 0 Å². The third-order valence-electron chi connectivity index (χ3n) is 3.62. The average molecular weight is 490 g/mol. The highest BCUT2D eigenvalue weighted by atomic mass is 127. The van der Waals surface area contributed by atoms with E-state index in [1.54, 1.807) is 7.05 Å². The standard InChI is InChI=1S/C18H26N4O2S.HI/c1-14(2)17-11-16(24-22-17)12-21-18(19-3)20-9-10-25(23)13-15-7-5-4-6-8-15;/h4-8,11,14H,9-10,12-13H2,1-3H3,(H2,19,20,21);1H. The van der Waals surface area contributed by atoms with Crippen LogP contribution in [0.3, 0.4) is 0 Å². The molecule has 0 fully saturated rings. The summed E-state index contributed by atoms with van der Waals surface area (Å²) in [4.78, 5) is 4.16. The lowest BCUT2D eigenvalue weighted by Crippen LogP contribution is -2.38. The number of benzene rings is 1. The smallest absolute Gasteiger partial charge is 0.191 e. The van der Waals surface area contributed by atoms with Crippen LogP contribution in [0.1, 0.15) is 36.8 Å². The van der Waals surface area contributed by atoms with Gasteiger partial charge in [-0.05, 0) is 11.5 Å². The number of halogens is 1. The minimum absolute atomic E-state index is 0. The van der Waals surface area contributed by atoms with E-state index in [-0.39, 0.29) is 24.0 Å². The van der Waals surface area contributed by atoms with Gasteiger partial charge in [0, 0.05) is 42.0 Å². The van der Waals surface area contributed by atoms with Gasteiger partial charge in [0.25, 0.3) is 0 Å². The van der Waals surface area contributed by atoms with Gasteiger partial charge in [0.15, 0.2) is 11.7 Å². The third kappa shape index (κ3) is 7.86. The lowest BCUT2D eigenvalue weighted by atomic mass is 10.1. The van der Waals surface area contributed by atoms with Crippen molar-refractivity contribution in [2.45, 2.75) is 32.1 Å². The van der Waals surface area contributed by atoms with Gasteiger partial charge in [-0.3, -0.25) is 9.20 Å². The Morgan fingerprint density at radius 3 is 2.62 bits per heavy atom. The maximum Gasteiger partial charge on any atom is 0.191 e. The van der Waals surface area contributed by atoms with Crippen LogP contribution < -0.4 is 10.6 Å². The number of hydrogen-bond donors (Lipinski definition) is 2. The summed E-state index contributed by atoms with van der Waals surface area (Å²) in [6, 6.07) is 11.8. The summed E-state index contributed by atoms with van der Waals surface area (Å²) < 4.78 is 17.4. The molecule has 2 rings (SSSR count). The van der Waals surface area contributed by atoms with Crippen LogP contribution in [0.5, 0.6) is 0 Å². The van der Waals surface area contributed by atoms with Crippen molar-refractivity contribution in [1.29, 1.82) is 0 Å². The zero-order chi connectivity index (χ0) is 18.1. The molecule has 26 heavy (non-hydrogen) atoms. The number of rotatable bonds is 8. The third-order valence-corrected chi connectivity index (χ3v) is 4.93. The molecule has 2 N–H and O–H groups in total. The van der Waals surface area contributed by atoms with Gasteiger partial charge in [0.05, 0.1) is 12.2 Å². The number of guanidine groups is 1. The summed E-state index contributed by atoms with van der Waals surface area (Å²) in [6.45, 7) is 5.25. The highest BCUT2D eigenvalue weighted by molar-refractivity contribution is 14.0. The quantitative estimate of drug-likeness (QED) is 0.338. The Morgan fingerprint density at radius 1 is 1.27 bits per heavy atom. The first-order valence-electron chi connectivity index (χ1n) is 8.37. The van der Waals surface area contributed by atoms with E-state index in [1.165, 1.54) is 0 Å². The predicted molar refractivity (Wildman–Crippen MR) is 117 cm³/mol. The molecule has 0 spiro atoms. The molecule has 0 saturated heterocycles. The first-order chi connectivity index (χ1) is 12.1. The van der Waals surface area contributed by atoms with Crippen LogP contribution >= 0.6 is 24.0 Å². The van der Waals surface area contributed by atoms with E-state index in [0.717, 1.165) is 17.0 Å². The van der Waals surface area contributed by atoms with E-state index >= 15 is 0 Å². The van der Waals surface area contributed by atoms with Crippen molar-refractivity contribution < 1.29 is 8.73 Å². The van der Waals surface area contributed by atoms with Crippen molar-refractivity contribution in [3.8, 4) is 0 Å². The molecular weight excluding hydrogens is 463 g/mol. The largest absolute Gasteiger partial charge is 0.359 e. The number of nitrogens with zero attached hydrogens (tertiary/aromatic N) is 2. The van der Waals surface area contributed by atoms with Crippen molar-refractivity contribution in [3.63, 3.8) is 0 Å². The topological polar surface area (TPSA) is 79.5 Å². The van der Waals surface area contributed by atoms with E-state index in [0.29, 0.717) is 36.5 Å². The lowest BCUT2D eigenvalue weighted by molar-refractivity contribution is 0.372. The summed E-state index contributed by atoms with van der Waals surface area (Å²) >= 11 is 0. The van der Waals surface area contributed by atoms with E-state index in [2.05, 4.69) is 34.6 Å². The first-order valence-corrected chi connectivity index (χ1v) is 9.86. The van der Waals surface area contributed by atoms with Crippen LogP contribution in [0.2, 0.25) is 0 Å². The first kappa shape index (κ1) is 22.6. The van der Waals surface area contributed by atoms with E-state index in [4.69, 9.17) is 4.52 Å². The predicted octanol–water partition coefficient (Wildman–Crippen LogP) is 3.03. The Hall–Kier alpha value is -1.42. The Bertz CT molecular complexity index is 704. The van der Waals surface area contributed by atoms with Crippen LogP contribution in [-0.2, 0) is 23.1 Å².